The number of carbonyl (C=O) groups excluding carboxylic acids is 2. The Bertz CT molecular complexity index is 5910. The van der Waals surface area contributed by atoms with Gasteiger partial charge in [-0.3, -0.25) is 19.2 Å². The second-order valence-electron chi connectivity index (χ2n) is 20.0. The number of benzene rings is 6. The normalized spacial score (nSPS) is 21.3. The maximum absolute atomic E-state index is 14.9. The van der Waals surface area contributed by atoms with Gasteiger partial charge >= 0.3 is 12.4 Å². The molecule has 0 saturated heterocycles. The average molecular weight is 1380 g/mol. The third-order valence-electron chi connectivity index (χ3n) is 13.7. The van der Waals surface area contributed by atoms with E-state index in [1.807, 2.05) is 0 Å². The van der Waals surface area contributed by atoms with Gasteiger partial charge in [0.05, 0.1) is 37.2 Å². The summed E-state index contributed by atoms with van der Waals surface area (Å²) in [4.78, 5) is 64.2. The molecule has 10 rings (SSSR count). The van der Waals surface area contributed by atoms with Gasteiger partial charge in [0.15, 0.2) is 10.3 Å². The summed E-state index contributed by atoms with van der Waals surface area (Å²) >= 11 is 0.909. The lowest BCUT2D eigenvalue weighted by molar-refractivity contribution is -0.138. The first kappa shape index (κ1) is 37.0. The molecule has 0 atom stereocenters. The Labute approximate surface area is 609 Å². The molecule has 0 saturated carbocycles. The Morgan fingerprint density at radius 2 is 1.01 bits per heavy atom. The zero-order valence-electron chi connectivity index (χ0n) is 87.5. The Morgan fingerprint density at radius 3 is 1.51 bits per heavy atom. The van der Waals surface area contributed by atoms with Crippen molar-refractivity contribution < 1.29 is 95.4 Å². The molecule has 2 aliphatic carbocycles. The lowest BCUT2D eigenvalue weighted by Crippen LogP contribution is -2.40. The molecule has 0 fully saturated rings. The summed E-state index contributed by atoms with van der Waals surface area (Å²) in [6.45, 7) is -28.8. The van der Waals surface area contributed by atoms with E-state index in [0.29, 0.717) is 59.5 Å². The number of halogens is 8. The first-order chi connectivity index (χ1) is 59.8. The van der Waals surface area contributed by atoms with Crippen LogP contribution in [0.1, 0.15) is 153 Å². The average Bonchev–Trinajstić information content (AvgIpc) is 1.53. The highest BCUT2D eigenvalue weighted by Crippen LogP contribution is 2.36. The van der Waals surface area contributed by atoms with Crippen LogP contribution in [-0.2, 0) is 85.2 Å². The summed E-state index contributed by atoms with van der Waals surface area (Å²) < 4.78 is 427. The summed E-state index contributed by atoms with van der Waals surface area (Å²) in [5.74, 6) is -7.22. The molecule has 0 unspecified atom stereocenters. The van der Waals surface area contributed by atoms with Crippen molar-refractivity contribution in [1.29, 1.82) is 0 Å². The van der Waals surface area contributed by atoms with Gasteiger partial charge in [-0.15, -0.1) is 0 Å². The van der Waals surface area contributed by atoms with Crippen molar-refractivity contribution in [2.45, 2.75) is 133 Å². The third kappa shape index (κ3) is 19.0. The molecule has 0 radical (unpaired) electrons. The Kier molecular flexibility index (Phi) is 12.7. The molecule has 2 heterocycles. The van der Waals surface area contributed by atoms with Gasteiger partial charge in [0.2, 0.25) is 11.8 Å². The van der Waals surface area contributed by atoms with Gasteiger partial charge in [0.25, 0.3) is 11.1 Å². The van der Waals surface area contributed by atoms with Crippen LogP contribution >= 0.6 is 23.5 Å². The van der Waals surface area contributed by atoms with Crippen LogP contribution in [0.5, 0.6) is 0 Å². The van der Waals surface area contributed by atoms with E-state index in [1.54, 1.807) is 0 Å². The SMILES string of the molecule is [2H]c1c([2H])c(CSc2nc(=O)c3c(n2CC(=O)N(Cc2c([2H])c([2H])c(-c4c([2H])c([2H])c(C(F)(F)F)c(C)c4[2H])c([2H])c2[2H])C([2H])([2H])C([2H])([2H])N(C([2H])([2H])C)C([2H])([2H])C)CCC3)c([2H])c([2H])c1F.[2H]c1c([2H])c(CSc2nc(=O)c3c(n2CC(=O)N(Cc2ccc(-c4ccc(C(F)(F)F)cc4)cc2)C([2H])([2H])C([2H])([2H])N(C([2H])([2H])C)C([2H])([2H])C)C([2H])([2H])C([2H])([2H])C3([2H])[2H])c([2H])c([2H])c1F. The van der Waals surface area contributed by atoms with E-state index in [4.69, 9.17) is 48.0 Å². The zero-order valence-corrected chi connectivity index (χ0v) is 52.2. The summed E-state index contributed by atoms with van der Waals surface area (Å²) in [5, 5.41) is -1.10. The topological polar surface area (TPSA) is 117 Å². The molecule has 2 amide bonds. The molecule has 502 valence electrons. The Hall–Kier alpha value is -7.92. The van der Waals surface area contributed by atoms with E-state index in [0.717, 1.165) is 37.5 Å². The molecule has 22 heteroatoms. The Morgan fingerprint density at radius 1 is 0.547 bits per heavy atom. The van der Waals surface area contributed by atoms with Gasteiger partial charge in [0.1, 0.15) is 24.7 Å². The standard InChI is InChI=1S/C37H40F4N4O2S.C36H38F4N4O2S/c1-4-43(5-2)19-20-44(22-26-9-13-28(14-10-26)29-15-18-32(25(3)21-29)37(39,40)41)34(46)23-45-33-8-6-7-31(33)35(47)42-36(45)48-24-27-11-16-30(38)17-12-27;1-3-42(4-2)20-21-43(22-25-8-12-27(13-9-25)28-14-16-29(17-15-28)36(38,39)40)33(45)23-44-32-7-5-6-31(32)34(46)41-35(44)47-24-26-10-18-30(37)19-11-26/h9-18,21H,4-8,19-20,22-24H2,1-3H3;8-19H,3-7,20-24H2,1-2H3/i4D2,5D2,9D,10D,11D,12D,13D,14D,15D,16D,17D,18D,19D2,20D2,21D;3D2,4D2,5D2,6D2,7D2,10D,11D,18D,19D,20D2,21D2. The molecule has 8 aromatic rings. The molecule has 2 aliphatic rings. The number of aromatic nitrogens is 4. The highest BCUT2D eigenvalue weighted by molar-refractivity contribution is 7.98. The monoisotopic (exact) mass is 1380 g/mol. The summed E-state index contributed by atoms with van der Waals surface area (Å²) in [6.07, 6.45) is -19.8. The van der Waals surface area contributed by atoms with E-state index in [-0.39, 0.29) is 60.0 Å². The maximum Gasteiger partial charge on any atom is 0.416 e. The number of likely N-dealkylation sites (N-methyl/N-ethyl adjacent to an activating group) is 2. The van der Waals surface area contributed by atoms with Crippen molar-refractivity contribution in [1.82, 2.24) is 38.7 Å². The number of amides is 2. The molecular weight excluding hydrogens is 1270 g/mol. The van der Waals surface area contributed by atoms with Crippen molar-refractivity contribution in [3.8, 4) is 22.3 Å². The van der Waals surface area contributed by atoms with Crippen molar-refractivity contribution >= 4 is 35.3 Å². The van der Waals surface area contributed by atoms with Crippen molar-refractivity contribution in [2.24, 2.45) is 0 Å². The molecule has 2 aromatic heterocycles. The van der Waals surface area contributed by atoms with Crippen LogP contribution in [0.25, 0.3) is 22.3 Å². The van der Waals surface area contributed by atoms with Crippen molar-refractivity contribution in [3.63, 3.8) is 0 Å². The van der Waals surface area contributed by atoms with Crippen LogP contribution in [-0.4, -0.2) is 102 Å². The number of thioether (sulfide) groups is 2. The van der Waals surface area contributed by atoms with E-state index < -0.39 is 302 Å². The first-order valence-electron chi connectivity index (χ1n) is 46.6. The van der Waals surface area contributed by atoms with Crippen LogP contribution in [0.3, 0.4) is 0 Å². The van der Waals surface area contributed by atoms with Gasteiger partial charge < -0.3 is 28.7 Å². The van der Waals surface area contributed by atoms with E-state index >= 15 is 0 Å². The van der Waals surface area contributed by atoms with Gasteiger partial charge in [-0.2, -0.15) is 36.3 Å². The first-order valence-corrected chi connectivity index (χ1v) is 30.0. The minimum atomic E-state index is -5.21. The summed E-state index contributed by atoms with van der Waals surface area (Å²) in [6, 6.07) is -6.56. The van der Waals surface area contributed by atoms with Crippen LogP contribution in [0.2, 0.25) is 0 Å². The molecule has 0 aliphatic heterocycles. The molecule has 0 bridgehead atoms. The smallest absolute Gasteiger partial charge is 0.336 e. The van der Waals surface area contributed by atoms with Crippen LogP contribution in [0, 0.1) is 18.6 Å². The fourth-order valence-corrected chi connectivity index (χ4v) is 10.8. The molecule has 0 spiro atoms. The van der Waals surface area contributed by atoms with Gasteiger partial charge in [0, 0.05) is 97.8 Å². The minimum Gasteiger partial charge on any atom is -0.336 e. The highest BCUT2D eigenvalue weighted by atomic mass is 32.2. The molecule has 12 nitrogen and oxygen atoms in total. The molecule has 95 heavy (non-hydrogen) atoms. The van der Waals surface area contributed by atoms with Crippen LogP contribution in [0.15, 0.2) is 159 Å². The minimum absolute atomic E-state index is 0.0141. The number of hydrogen-bond acceptors (Lipinski definition) is 10. The quantitative estimate of drug-likeness (QED) is 0.0295. The van der Waals surface area contributed by atoms with Crippen molar-refractivity contribution in [3.05, 3.63) is 233 Å². The van der Waals surface area contributed by atoms with E-state index in [2.05, 4.69) is 9.97 Å². The number of rotatable bonds is 26. The van der Waals surface area contributed by atoms with Gasteiger partial charge in [-0.25, -0.2) is 8.78 Å². The number of nitrogens with zero attached hydrogens (tertiary/aromatic N) is 8. The maximum atomic E-state index is 14.9. The zero-order chi connectivity index (χ0) is 101. The second-order valence-corrected chi connectivity index (χ2v) is 21.8. The number of carbonyl (C=O) groups is 2. The number of alkyl halides is 6. The molecule has 6 aromatic carbocycles. The summed E-state index contributed by atoms with van der Waals surface area (Å²) in [7, 11) is 0. The number of hydrogen-bond donors (Lipinski definition) is 0. The number of fused-ring (bicyclic) bond motifs is 2. The fourth-order valence-electron chi connectivity index (χ4n) is 9.05. The third-order valence-corrected chi connectivity index (χ3v) is 15.8. The van der Waals surface area contributed by atoms with E-state index in [9.17, 15) is 57.0 Å². The predicted molar refractivity (Wildman–Crippen MR) is 358 cm³/mol. The largest absolute Gasteiger partial charge is 0.416 e. The predicted octanol–water partition coefficient (Wildman–Crippen LogP) is 14.7. The second kappa shape index (κ2) is 32.7. The fraction of sp³-hybridized carbons (Fsp3) is 0.370. The highest BCUT2D eigenvalue weighted by Gasteiger charge is 2.33. The summed E-state index contributed by atoms with van der Waals surface area (Å²) in [5.41, 5.74) is -10.8. The lowest BCUT2D eigenvalue weighted by atomic mass is 9.98. The molecule has 0 N–H and O–H groups in total. The van der Waals surface area contributed by atoms with Crippen LogP contribution < -0.4 is 11.1 Å². The Balaban J connectivity index is 0.000000297. The van der Waals surface area contributed by atoms with Gasteiger partial charge in [-0.1, -0.05) is 148 Å². The van der Waals surface area contributed by atoms with Gasteiger partial charge in [-0.05, 0) is 164 Å². The van der Waals surface area contributed by atoms with E-state index in [1.165, 1.54) is 36.4 Å². The van der Waals surface area contributed by atoms with Crippen LogP contribution in [0.4, 0.5) is 35.1 Å². The lowest BCUT2D eigenvalue weighted by Gasteiger charge is -2.28. The molecular formula is C73H78F8N8O4S2. The van der Waals surface area contributed by atoms with Crippen molar-refractivity contribution in [2.75, 3.05) is 52.0 Å².